The van der Waals surface area contributed by atoms with E-state index in [9.17, 15) is 0 Å². The van der Waals surface area contributed by atoms with E-state index in [4.69, 9.17) is 33.3 Å². The van der Waals surface area contributed by atoms with Crippen LogP contribution in [-0.2, 0) is 13.0 Å². The van der Waals surface area contributed by atoms with Gasteiger partial charge in [-0.15, -0.1) is 0 Å². The van der Waals surface area contributed by atoms with E-state index in [1.807, 2.05) is 60.7 Å². The van der Waals surface area contributed by atoms with Gasteiger partial charge in [0.05, 0.1) is 7.11 Å². The lowest BCUT2D eigenvalue weighted by atomic mass is 10.1. The molecule has 0 spiro atoms. The number of ether oxygens (including phenoxy) is 2. The van der Waals surface area contributed by atoms with Crippen LogP contribution >= 0.6 is 23.8 Å². The van der Waals surface area contributed by atoms with Crippen molar-refractivity contribution in [2.45, 2.75) is 13.0 Å². The van der Waals surface area contributed by atoms with Crippen molar-refractivity contribution in [2.75, 3.05) is 13.7 Å². The van der Waals surface area contributed by atoms with Gasteiger partial charge in [-0.05, 0) is 54.4 Å². The molecule has 0 unspecified atom stereocenters. The van der Waals surface area contributed by atoms with Crippen LogP contribution in [0.1, 0.15) is 16.7 Å². The van der Waals surface area contributed by atoms with Crippen LogP contribution in [0.5, 0.6) is 11.5 Å². The molecular weight excluding hydrogens is 390 g/mol. The van der Waals surface area contributed by atoms with Crippen molar-refractivity contribution in [1.82, 2.24) is 5.32 Å². The summed E-state index contributed by atoms with van der Waals surface area (Å²) in [5, 5.41) is 4.01. The summed E-state index contributed by atoms with van der Waals surface area (Å²) in [5.74, 6) is 1.65. The summed E-state index contributed by atoms with van der Waals surface area (Å²) in [5.41, 5.74) is 3.17. The lowest BCUT2D eigenvalue weighted by Gasteiger charge is -2.11. The summed E-state index contributed by atoms with van der Waals surface area (Å²) in [6.45, 7) is 1.21. The smallest absolute Gasteiger partial charge is 0.119 e. The van der Waals surface area contributed by atoms with Gasteiger partial charge in [0.2, 0.25) is 0 Å². The molecular formula is C23H22ClNO2S. The van der Waals surface area contributed by atoms with Gasteiger partial charge >= 0.3 is 0 Å². The van der Waals surface area contributed by atoms with Crippen LogP contribution in [-0.4, -0.2) is 18.6 Å². The number of benzene rings is 3. The summed E-state index contributed by atoms with van der Waals surface area (Å²) in [6.07, 6.45) is 0.892. The molecule has 0 atom stereocenters. The molecule has 1 N–H and O–H groups in total. The molecule has 0 fully saturated rings. The zero-order valence-electron chi connectivity index (χ0n) is 15.7. The number of thiocarbonyl (C=S) groups is 1. The molecule has 28 heavy (non-hydrogen) atoms. The fraction of sp³-hybridized carbons (Fsp3) is 0.174. The standard InChI is InChI=1S/C23H22ClNO2S/c1-26-20-10-6-17(7-11-20)14-15-25-23(28)18-8-12-21(13-9-18)27-16-19-4-2-3-5-22(19)24/h2-13H,14-16H2,1H3,(H,25,28). The third-order valence-corrected chi connectivity index (χ3v) is 5.08. The summed E-state index contributed by atoms with van der Waals surface area (Å²) in [4.78, 5) is 0.728. The Bertz CT molecular complexity index is 911. The zero-order valence-corrected chi connectivity index (χ0v) is 17.2. The Morgan fingerprint density at radius 2 is 1.61 bits per heavy atom. The van der Waals surface area contributed by atoms with E-state index in [-0.39, 0.29) is 0 Å². The van der Waals surface area contributed by atoms with Crippen molar-refractivity contribution in [3.8, 4) is 11.5 Å². The van der Waals surface area contributed by atoms with Crippen molar-refractivity contribution in [3.63, 3.8) is 0 Å². The van der Waals surface area contributed by atoms with Gasteiger partial charge in [0.25, 0.3) is 0 Å². The van der Waals surface area contributed by atoms with Gasteiger partial charge in [0.1, 0.15) is 23.1 Å². The maximum absolute atomic E-state index is 6.15. The quantitative estimate of drug-likeness (QED) is 0.500. The van der Waals surface area contributed by atoms with Gasteiger partial charge < -0.3 is 14.8 Å². The van der Waals surface area contributed by atoms with E-state index in [2.05, 4.69) is 17.4 Å². The number of hydrogen-bond donors (Lipinski definition) is 1. The highest BCUT2D eigenvalue weighted by Gasteiger charge is 2.04. The van der Waals surface area contributed by atoms with Crippen LogP contribution in [0.15, 0.2) is 72.8 Å². The Hall–Kier alpha value is -2.56. The first-order valence-corrected chi connectivity index (χ1v) is 9.82. The van der Waals surface area contributed by atoms with Crippen molar-refractivity contribution in [3.05, 3.63) is 94.5 Å². The second-order valence-electron chi connectivity index (χ2n) is 6.26. The highest BCUT2D eigenvalue weighted by Crippen LogP contribution is 2.19. The molecule has 0 aliphatic rings. The molecule has 0 bridgehead atoms. The average molecular weight is 412 g/mol. The molecule has 0 heterocycles. The van der Waals surface area contributed by atoms with Gasteiger partial charge in [-0.3, -0.25) is 0 Å². The van der Waals surface area contributed by atoms with E-state index in [1.165, 1.54) is 5.56 Å². The Morgan fingerprint density at radius 1 is 0.929 bits per heavy atom. The van der Waals surface area contributed by atoms with Crippen LogP contribution in [0, 0.1) is 0 Å². The molecule has 0 radical (unpaired) electrons. The molecule has 3 nitrogen and oxygen atoms in total. The summed E-state index contributed by atoms with van der Waals surface area (Å²) in [7, 11) is 1.67. The Balaban J connectivity index is 1.47. The lowest BCUT2D eigenvalue weighted by molar-refractivity contribution is 0.306. The number of nitrogens with one attached hydrogen (secondary N) is 1. The summed E-state index contributed by atoms with van der Waals surface area (Å²) < 4.78 is 11.0. The van der Waals surface area contributed by atoms with Crippen LogP contribution in [0.3, 0.4) is 0 Å². The SMILES string of the molecule is COc1ccc(CCNC(=S)c2ccc(OCc3ccccc3Cl)cc2)cc1. The van der Waals surface area contributed by atoms with Crippen LogP contribution in [0.2, 0.25) is 5.02 Å². The molecule has 0 aliphatic carbocycles. The van der Waals surface area contributed by atoms with Crippen LogP contribution < -0.4 is 14.8 Å². The van der Waals surface area contributed by atoms with Crippen LogP contribution in [0.25, 0.3) is 0 Å². The van der Waals surface area contributed by atoms with Gasteiger partial charge in [-0.25, -0.2) is 0 Å². The lowest BCUT2D eigenvalue weighted by Crippen LogP contribution is -2.24. The minimum Gasteiger partial charge on any atom is -0.497 e. The Labute approximate surface area is 176 Å². The van der Waals surface area contributed by atoms with E-state index in [0.717, 1.165) is 40.6 Å². The van der Waals surface area contributed by atoms with Crippen molar-refractivity contribution < 1.29 is 9.47 Å². The number of halogens is 1. The average Bonchev–Trinajstić information content (AvgIpc) is 2.74. The Kier molecular flexibility index (Phi) is 7.29. The first-order valence-electron chi connectivity index (χ1n) is 9.03. The molecule has 5 heteroatoms. The largest absolute Gasteiger partial charge is 0.497 e. The van der Waals surface area contributed by atoms with Gasteiger partial charge in [-0.1, -0.05) is 54.2 Å². The molecule has 3 aromatic carbocycles. The van der Waals surface area contributed by atoms with Gasteiger partial charge in [-0.2, -0.15) is 0 Å². The normalized spacial score (nSPS) is 10.4. The second kappa shape index (κ2) is 10.1. The fourth-order valence-corrected chi connectivity index (χ4v) is 3.12. The monoisotopic (exact) mass is 411 g/mol. The second-order valence-corrected chi connectivity index (χ2v) is 7.07. The van der Waals surface area contributed by atoms with E-state index < -0.39 is 0 Å². The molecule has 3 rings (SSSR count). The zero-order chi connectivity index (χ0) is 19.8. The molecule has 0 amide bonds. The highest BCUT2D eigenvalue weighted by molar-refractivity contribution is 7.80. The van der Waals surface area contributed by atoms with Crippen molar-refractivity contribution in [2.24, 2.45) is 0 Å². The predicted molar refractivity (Wildman–Crippen MR) is 119 cm³/mol. The maximum atomic E-state index is 6.15. The first-order chi connectivity index (χ1) is 13.7. The topological polar surface area (TPSA) is 30.5 Å². The molecule has 0 aliphatic heterocycles. The predicted octanol–water partition coefficient (Wildman–Crippen LogP) is 5.44. The number of methoxy groups -OCH3 is 1. The first kappa shape index (κ1) is 20.2. The summed E-state index contributed by atoms with van der Waals surface area (Å²) >= 11 is 11.6. The third-order valence-electron chi connectivity index (χ3n) is 4.33. The van der Waals surface area contributed by atoms with Crippen molar-refractivity contribution >= 4 is 28.8 Å². The van der Waals surface area contributed by atoms with Gasteiger partial charge in [0.15, 0.2) is 0 Å². The van der Waals surface area contributed by atoms with Gasteiger partial charge in [0, 0.05) is 22.7 Å². The minimum atomic E-state index is 0.434. The Morgan fingerprint density at radius 3 is 2.29 bits per heavy atom. The molecule has 0 saturated carbocycles. The number of hydrogen-bond acceptors (Lipinski definition) is 3. The van der Waals surface area contributed by atoms with E-state index in [0.29, 0.717) is 11.6 Å². The highest BCUT2D eigenvalue weighted by atomic mass is 35.5. The molecule has 3 aromatic rings. The number of rotatable bonds is 8. The fourth-order valence-electron chi connectivity index (χ4n) is 2.69. The molecule has 0 saturated heterocycles. The maximum Gasteiger partial charge on any atom is 0.119 e. The molecule has 0 aromatic heterocycles. The minimum absolute atomic E-state index is 0.434. The molecule has 144 valence electrons. The van der Waals surface area contributed by atoms with Crippen molar-refractivity contribution in [1.29, 1.82) is 0 Å². The summed E-state index contributed by atoms with van der Waals surface area (Å²) in [6, 6.07) is 23.5. The van der Waals surface area contributed by atoms with E-state index >= 15 is 0 Å². The third kappa shape index (κ3) is 5.72. The van der Waals surface area contributed by atoms with E-state index in [1.54, 1.807) is 7.11 Å². The van der Waals surface area contributed by atoms with Crippen LogP contribution in [0.4, 0.5) is 0 Å².